The second-order valence-corrected chi connectivity index (χ2v) is 3.51. The van der Waals surface area contributed by atoms with E-state index in [-0.39, 0.29) is 12.2 Å². The quantitative estimate of drug-likeness (QED) is 0.753. The van der Waals surface area contributed by atoms with Crippen LogP contribution >= 0.6 is 0 Å². The molecule has 0 radical (unpaired) electrons. The van der Waals surface area contributed by atoms with Crippen LogP contribution in [-0.4, -0.2) is 31.4 Å². The Labute approximate surface area is 97.2 Å². The van der Waals surface area contributed by atoms with Crippen molar-refractivity contribution in [2.45, 2.75) is 25.6 Å². The minimum absolute atomic E-state index is 0.176. The fraction of sp³-hybridized carbons (Fsp3) is 0.700. The van der Waals surface area contributed by atoms with E-state index in [1.807, 2.05) is 0 Å². The Morgan fingerprint density at radius 1 is 1.47 bits per heavy atom. The number of aromatic nitrogens is 1. The molecule has 0 aliphatic heterocycles. The van der Waals surface area contributed by atoms with Gasteiger partial charge in [-0.05, 0) is 0 Å². The lowest BCUT2D eigenvalue weighted by Crippen LogP contribution is -2.19. The number of aryl methyl sites for hydroxylation is 1. The lowest BCUT2D eigenvalue weighted by Gasteiger charge is -2.06. The Kier molecular flexibility index (Phi) is 5.43. The number of nitrogens with zero attached hydrogens (tertiary/aromatic N) is 1. The summed E-state index contributed by atoms with van der Waals surface area (Å²) in [5, 5.41) is 3.00. The van der Waals surface area contributed by atoms with Gasteiger partial charge in [0.2, 0.25) is 0 Å². The fourth-order valence-corrected chi connectivity index (χ4v) is 1.28. The number of nitrogens with one attached hydrogen (secondary N) is 1. The average molecular weight is 252 g/mol. The van der Waals surface area contributed by atoms with E-state index in [0.717, 1.165) is 0 Å². The summed E-state index contributed by atoms with van der Waals surface area (Å²) < 4.78 is 45.9. The van der Waals surface area contributed by atoms with Crippen LogP contribution in [-0.2, 0) is 17.7 Å². The summed E-state index contributed by atoms with van der Waals surface area (Å²) >= 11 is 0. The van der Waals surface area contributed by atoms with Crippen molar-refractivity contribution in [2.75, 3.05) is 20.3 Å². The molecule has 0 saturated carbocycles. The molecule has 0 aliphatic rings. The average Bonchev–Trinajstić information content (AvgIpc) is 2.68. The van der Waals surface area contributed by atoms with Gasteiger partial charge in [0.15, 0.2) is 6.39 Å². The van der Waals surface area contributed by atoms with E-state index in [1.165, 1.54) is 6.39 Å². The van der Waals surface area contributed by atoms with E-state index in [1.54, 1.807) is 7.11 Å². The highest BCUT2D eigenvalue weighted by Crippen LogP contribution is 2.23. The van der Waals surface area contributed by atoms with Crippen molar-refractivity contribution < 1.29 is 22.3 Å². The molecule has 17 heavy (non-hydrogen) atoms. The molecule has 98 valence electrons. The van der Waals surface area contributed by atoms with Gasteiger partial charge in [-0.1, -0.05) is 0 Å². The number of methoxy groups -OCH3 is 1. The number of oxazole rings is 1. The third-order valence-electron chi connectivity index (χ3n) is 2.14. The summed E-state index contributed by atoms with van der Waals surface area (Å²) in [4.78, 5) is 3.88. The molecule has 1 N–H and O–H groups in total. The molecular weight excluding hydrogens is 237 g/mol. The smallest absolute Gasteiger partial charge is 0.389 e. The predicted molar refractivity (Wildman–Crippen MR) is 54.5 cm³/mol. The summed E-state index contributed by atoms with van der Waals surface area (Å²) in [7, 11) is 1.58. The van der Waals surface area contributed by atoms with E-state index in [9.17, 15) is 13.2 Å². The largest absolute Gasteiger partial charge is 0.448 e. The molecule has 0 aromatic carbocycles. The fourth-order valence-electron chi connectivity index (χ4n) is 1.28. The van der Waals surface area contributed by atoms with Gasteiger partial charge in [-0.15, -0.1) is 0 Å². The second-order valence-electron chi connectivity index (χ2n) is 3.51. The number of hydrogen-bond donors (Lipinski definition) is 1. The maximum absolute atomic E-state index is 12.0. The zero-order valence-corrected chi connectivity index (χ0v) is 9.51. The van der Waals surface area contributed by atoms with Gasteiger partial charge in [-0.2, -0.15) is 13.2 Å². The summed E-state index contributed by atoms with van der Waals surface area (Å²) in [6.07, 6.45) is -4.08. The molecule has 0 spiro atoms. The molecule has 1 aromatic heterocycles. The van der Waals surface area contributed by atoms with Gasteiger partial charge < -0.3 is 14.5 Å². The Morgan fingerprint density at radius 2 is 2.24 bits per heavy atom. The molecule has 1 heterocycles. The van der Waals surface area contributed by atoms with Gasteiger partial charge in [0.05, 0.1) is 18.7 Å². The molecular formula is C10H15F3N2O2. The molecule has 1 aromatic rings. The minimum Gasteiger partial charge on any atom is -0.448 e. The Hall–Kier alpha value is -1.08. The third-order valence-corrected chi connectivity index (χ3v) is 2.14. The first-order valence-electron chi connectivity index (χ1n) is 5.20. The van der Waals surface area contributed by atoms with Crippen LogP contribution in [0.3, 0.4) is 0 Å². The lowest BCUT2D eigenvalue weighted by atomic mass is 10.2. The first-order valence-corrected chi connectivity index (χ1v) is 5.20. The van der Waals surface area contributed by atoms with Gasteiger partial charge in [-0.25, -0.2) is 4.98 Å². The molecule has 0 atom stereocenters. The highest BCUT2D eigenvalue weighted by molar-refractivity contribution is 5.07. The van der Waals surface area contributed by atoms with Gasteiger partial charge in [0.1, 0.15) is 5.76 Å². The van der Waals surface area contributed by atoms with E-state index >= 15 is 0 Å². The zero-order valence-electron chi connectivity index (χ0n) is 9.51. The molecule has 4 nitrogen and oxygen atoms in total. The summed E-state index contributed by atoms with van der Waals surface area (Å²) in [6.45, 7) is 1.53. The van der Waals surface area contributed by atoms with Crippen LogP contribution in [0, 0.1) is 0 Å². The Balaban J connectivity index is 2.37. The maximum atomic E-state index is 12.0. The van der Waals surface area contributed by atoms with Crippen LogP contribution in [0.4, 0.5) is 13.2 Å². The van der Waals surface area contributed by atoms with Crippen LogP contribution in [0.25, 0.3) is 0 Å². The topological polar surface area (TPSA) is 47.3 Å². The highest BCUT2D eigenvalue weighted by atomic mass is 19.4. The van der Waals surface area contributed by atoms with Gasteiger partial charge in [0.25, 0.3) is 0 Å². The van der Waals surface area contributed by atoms with Crippen LogP contribution < -0.4 is 5.32 Å². The standard InChI is InChI=1S/C10H15F3N2O2/c1-16-5-4-14-6-8-9(17-7-15-8)2-3-10(11,12)13/h7,14H,2-6H2,1H3. The molecule has 0 unspecified atom stereocenters. The maximum Gasteiger partial charge on any atom is 0.389 e. The van der Waals surface area contributed by atoms with Crippen molar-refractivity contribution in [1.29, 1.82) is 0 Å². The van der Waals surface area contributed by atoms with E-state index in [2.05, 4.69) is 10.3 Å². The zero-order chi connectivity index (χ0) is 12.7. The number of rotatable bonds is 7. The van der Waals surface area contributed by atoms with E-state index in [4.69, 9.17) is 9.15 Å². The summed E-state index contributed by atoms with van der Waals surface area (Å²) in [5.74, 6) is 0.284. The van der Waals surface area contributed by atoms with Crippen molar-refractivity contribution in [1.82, 2.24) is 10.3 Å². The molecule has 0 amide bonds. The van der Waals surface area contributed by atoms with E-state index in [0.29, 0.717) is 25.4 Å². The molecule has 0 saturated heterocycles. The number of halogens is 3. The van der Waals surface area contributed by atoms with Crippen LogP contribution in [0.15, 0.2) is 10.8 Å². The molecule has 7 heteroatoms. The first-order chi connectivity index (χ1) is 8.03. The van der Waals surface area contributed by atoms with Crippen molar-refractivity contribution in [3.8, 4) is 0 Å². The molecule has 0 aliphatic carbocycles. The number of hydrogen-bond acceptors (Lipinski definition) is 4. The van der Waals surface area contributed by atoms with Crippen LogP contribution in [0.1, 0.15) is 17.9 Å². The monoisotopic (exact) mass is 252 g/mol. The normalized spacial score (nSPS) is 12.0. The van der Waals surface area contributed by atoms with Crippen LogP contribution in [0.5, 0.6) is 0 Å². The van der Waals surface area contributed by atoms with Crippen molar-refractivity contribution in [3.05, 3.63) is 17.8 Å². The summed E-state index contributed by atoms with van der Waals surface area (Å²) in [6, 6.07) is 0. The molecule has 0 bridgehead atoms. The Bertz CT molecular complexity index is 326. The van der Waals surface area contributed by atoms with Crippen molar-refractivity contribution in [3.63, 3.8) is 0 Å². The SMILES string of the molecule is COCCNCc1ncoc1CCC(F)(F)F. The highest BCUT2D eigenvalue weighted by Gasteiger charge is 2.27. The minimum atomic E-state index is -4.17. The number of ether oxygens (including phenoxy) is 1. The molecule has 1 rings (SSSR count). The van der Waals surface area contributed by atoms with Crippen molar-refractivity contribution in [2.24, 2.45) is 0 Å². The predicted octanol–water partition coefficient (Wildman–Crippen LogP) is 1.91. The third kappa shape index (κ3) is 5.69. The van der Waals surface area contributed by atoms with Gasteiger partial charge in [0, 0.05) is 26.6 Å². The summed E-state index contributed by atoms with van der Waals surface area (Å²) in [5.41, 5.74) is 0.519. The van der Waals surface area contributed by atoms with Gasteiger partial charge in [-0.3, -0.25) is 0 Å². The lowest BCUT2D eigenvalue weighted by molar-refractivity contribution is -0.134. The second kappa shape index (κ2) is 6.61. The van der Waals surface area contributed by atoms with Gasteiger partial charge >= 0.3 is 6.18 Å². The molecule has 0 fully saturated rings. The number of alkyl halides is 3. The van der Waals surface area contributed by atoms with Crippen molar-refractivity contribution >= 4 is 0 Å². The Morgan fingerprint density at radius 3 is 2.88 bits per heavy atom. The van der Waals surface area contributed by atoms with E-state index < -0.39 is 12.6 Å². The first kappa shape index (κ1) is 14.0. The van der Waals surface area contributed by atoms with Crippen LogP contribution in [0.2, 0.25) is 0 Å².